The van der Waals surface area contributed by atoms with Crippen LogP contribution in [0.25, 0.3) is 0 Å². The van der Waals surface area contributed by atoms with Gasteiger partial charge in [0.15, 0.2) is 0 Å². The summed E-state index contributed by atoms with van der Waals surface area (Å²) in [6.07, 6.45) is 6.51. The normalized spacial score (nSPS) is 20.1. The lowest BCUT2D eigenvalue weighted by Gasteiger charge is -2.27. The molecule has 0 atom stereocenters. The van der Waals surface area contributed by atoms with E-state index in [4.69, 9.17) is 5.73 Å². The Labute approximate surface area is 145 Å². The molecule has 0 bridgehead atoms. The average molecular weight is 338 g/mol. The van der Waals surface area contributed by atoms with Crippen molar-refractivity contribution in [3.8, 4) is 0 Å². The number of carbonyl (C=O) groups is 1. The standard InChI is InChI=1S/C18H27N3O.ClH/c19-14-15-6-8-16(9-7-15)18(22)21-11-3-10-20(12-13-21)17-4-1-2-5-17;/h6-9,17H,1-5,10-14,19H2;1H. The van der Waals surface area contributed by atoms with Gasteiger partial charge in [-0.1, -0.05) is 25.0 Å². The zero-order valence-electron chi connectivity index (χ0n) is 13.7. The highest BCUT2D eigenvalue weighted by molar-refractivity contribution is 5.94. The van der Waals surface area contributed by atoms with Crippen LogP contribution >= 0.6 is 12.4 Å². The molecule has 3 rings (SSSR count). The second kappa shape index (κ2) is 8.67. The molecule has 1 amide bonds. The highest BCUT2D eigenvalue weighted by atomic mass is 35.5. The minimum Gasteiger partial charge on any atom is -0.337 e. The molecule has 0 unspecified atom stereocenters. The number of amides is 1. The Bertz CT molecular complexity index is 499. The summed E-state index contributed by atoms with van der Waals surface area (Å²) in [6.45, 7) is 4.42. The lowest BCUT2D eigenvalue weighted by molar-refractivity contribution is 0.0758. The highest BCUT2D eigenvalue weighted by Crippen LogP contribution is 2.24. The number of hydrogen-bond acceptors (Lipinski definition) is 3. The maximum atomic E-state index is 12.7. The summed E-state index contributed by atoms with van der Waals surface area (Å²) < 4.78 is 0. The van der Waals surface area contributed by atoms with Gasteiger partial charge in [0.2, 0.25) is 0 Å². The van der Waals surface area contributed by atoms with Crippen molar-refractivity contribution in [1.29, 1.82) is 0 Å². The van der Waals surface area contributed by atoms with E-state index in [2.05, 4.69) is 4.90 Å². The SMILES string of the molecule is Cl.NCc1ccc(C(=O)N2CCCN(C3CCCC3)CC2)cc1. The number of rotatable bonds is 3. The molecule has 1 saturated heterocycles. The third-order valence-corrected chi connectivity index (χ3v) is 5.10. The van der Waals surface area contributed by atoms with Gasteiger partial charge in [0.1, 0.15) is 0 Å². The van der Waals surface area contributed by atoms with E-state index in [0.717, 1.165) is 49.8 Å². The van der Waals surface area contributed by atoms with Crippen molar-refractivity contribution in [2.75, 3.05) is 26.2 Å². The van der Waals surface area contributed by atoms with E-state index in [-0.39, 0.29) is 18.3 Å². The predicted molar refractivity (Wildman–Crippen MR) is 95.9 cm³/mol. The van der Waals surface area contributed by atoms with Crippen molar-refractivity contribution in [2.24, 2.45) is 5.73 Å². The fourth-order valence-corrected chi connectivity index (χ4v) is 3.74. The molecular formula is C18H28ClN3O. The molecule has 5 heteroatoms. The van der Waals surface area contributed by atoms with E-state index in [9.17, 15) is 4.79 Å². The number of benzene rings is 1. The first-order valence-corrected chi connectivity index (χ1v) is 8.60. The first-order valence-electron chi connectivity index (χ1n) is 8.60. The number of nitrogens with zero attached hydrogens (tertiary/aromatic N) is 2. The summed E-state index contributed by atoms with van der Waals surface area (Å²) in [5.74, 6) is 0.164. The summed E-state index contributed by atoms with van der Waals surface area (Å²) >= 11 is 0. The molecular weight excluding hydrogens is 310 g/mol. The Morgan fingerprint density at radius 1 is 1.00 bits per heavy atom. The summed E-state index contributed by atoms with van der Waals surface area (Å²) in [5.41, 5.74) is 7.47. The van der Waals surface area contributed by atoms with Gasteiger partial charge in [0, 0.05) is 44.3 Å². The first kappa shape index (κ1) is 18.2. The van der Waals surface area contributed by atoms with Gasteiger partial charge >= 0.3 is 0 Å². The Kier molecular flexibility index (Phi) is 6.88. The Balaban J connectivity index is 0.00000192. The molecule has 2 N–H and O–H groups in total. The minimum absolute atomic E-state index is 0. The summed E-state index contributed by atoms with van der Waals surface area (Å²) in [6, 6.07) is 8.49. The molecule has 2 aliphatic rings. The van der Waals surface area contributed by atoms with Crippen molar-refractivity contribution >= 4 is 18.3 Å². The predicted octanol–water partition coefficient (Wildman–Crippen LogP) is 2.66. The van der Waals surface area contributed by atoms with Crippen LogP contribution in [0.4, 0.5) is 0 Å². The van der Waals surface area contributed by atoms with Crippen molar-refractivity contribution in [1.82, 2.24) is 9.80 Å². The molecule has 1 aromatic carbocycles. The molecule has 0 spiro atoms. The smallest absolute Gasteiger partial charge is 0.253 e. The van der Waals surface area contributed by atoms with Crippen molar-refractivity contribution in [3.63, 3.8) is 0 Å². The first-order chi connectivity index (χ1) is 10.8. The maximum Gasteiger partial charge on any atom is 0.253 e. The summed E-state index contributed by atoms with van der Waals surface area (Å²) in [4.78, 5) is 17.3. The second-order valence-corrected chi connectivity index (χ2v) is 6.52. The van der Waals surface area contributed by atoms with Gasteiger partial charge in [-0.05, 0) is 37.0 Å². The Morgan fingerprint density at radius 3 is 2.35 bits per heavy atom. The van der Waals surface area contributed by atoms with Crippen molar-refractivity contribution in [2.45, 2.75) is 44.7 Å². The summed E-state index contributed by atoms with van der Waals surface area (Å²) in [7, 11) is 0. The van der Waals surface area contributed by atoms with Crippen molar-refractivity contribution in [3.05, 3.63) is 35.4 Å². The van der Waals surface area contributed by atoms with Gasteiger partial charge in [-0.15, -0.1) is 12.4 Å². The molecule has 1 aliphatic heterocycles. The number of nitrogens with two attached hydrogens (primary N) is 1. The number of carbonyl (C=O) groups excluding carboxylic acids is 1. The van der Waals surface area contributed by atoms with Gasteiger partial charge in [0.25, 0.3) is 5.91 Å². The number of halogens is 1. The maximum absolute atomic E-state index is 12.7. The van der Waals surface area contributed by atoms with Gasteiger partial charge in [-0.25, -0.2) is 0 Å². The van der Waals surface area contributed by atoms with E-state index in [0.29, 0.717) is 6.54 Å². The van der Waals surface area contributed by atoms with E-state index in [1.54, 1.807) is 0 Å². The fourth-order valence-electron chi connectivity index (χ4n) is 3.74. The molecule has 4 nitrogen and oxygen atoms in total. The topological polar surface area (TPSA) is 49.6 Å². The van der Waals surface area contributed by atoms with Gasteiger partial charge in [-0.3, -0.25) is 9.69 Å². The largest absolute Gasteiger partial charge is 0.337 e. The van der Waals surface area contributed by atoms with Crippen LogP contribution in [-0.2, 0) is 6.54 Å². The van der Waals surface area contributed by atoms with Gasteiger partial charge in [0.05, 0.1) is 0 Å². The van der Waals surface area contributed by atoms with Crippen LogP contribution in [0.5, 0.6) is 0 Å². The highest BCUT2D eigenvalue weighted by Gasteiger charge is 2.26. The van der Waals surface area contributed by atoms with Crippen LogP contribution in [0, 0.1) is 0 Å². The number of hydrogen-bond donors (Lipinski definition) is 1. The van der Waals surface area contributed by atoms with Crippen molar-refractivity contribution < 1.29 is 4.79 Å². The minimum atomic E-state index is 0. The average Bonchev–Trinajstić information content (AvgIpc) is 2.99. The van der Waals surface area contributed by atoms with Gasteiger partial charge < -0.3 is 10.6 Å². The quantitative estimate of drug-likeness (QED) is 0.922. The zero-order valence-corrected chi connectivity index (χ0v) is 14.6. The van der Waals surface area contributed by atoms with Crippen LogP contribution in [0.2, 0.25) is 0 Å². The summed E-state index contributed by atoms with van der Waals surface area (Å²) in [5, 5.41) is 0. The molecule has 1 aromatic rings. The third kappa shape index (κ3) is 4.46. The lowest BCUT2D eigenvalue weighted by Crippen LogP contribution is -2.38. The monoisotopic (exact) mass is 337 g/mol. The van der Waals surface area contributed by atoms with Crippen LogP contribution in [-0.4, -0.2) is 47.9 Å². The Morgan fingerprint density at radius 2 is 1.70 bits per heavy atom. The molecule has 0 aromatic heterocycles. The van der Waals surface area contributed by atoms with Crippen LogP contribution in [0.15, 0.2) is 24.3 Å². The third-order valence-electron chi connectivity index (χ3n) is 5.10. The molecule has 23 heavy (non-hydrogen) atoms. The van der Waals surface area contributed by atoms with Crippen LogP contribution in [0.1, 0.15) is 48.0 Å². The fraction of sp³-hybridized carbons (Fsp3) is 0.611. The van der Waals surface area contributed by atoms with E-state index in [1.807, 2.05) is 29.2 Å². The van der Waals surface area contributed by atoms with Crippen LogP contribution in [0.3, 0.4) is 0 Å². The molecule has 128 valence electrons. The molecule has 1 aliphatic carbocycles. The zero-order chi connectivity index (χ0) is 15.4. The Hall–Kier alpha value is -1.10. The van der Waals surface area contributed by atoms with E-state index >= 15 is 0 Å². The van der Waals surface area contributed by atoms with E-state index < -0.39 is 0 Å². The molecule has 2 fully saturated rings. The molecule has 1 saturated carbocycles. The molecule has 0 radical (unpaired) electrons. The van der Waals surface area contributed by atoms with Crippen LogP contribution < -0.4 is 5.73 Å². The van der Waals surface area contributed by atoms with Gasteiger partial charge in [-0.2, -0.15) is 0 Å². The molecule has 1 heterocycles. The van der Waals surface area contributed by atoms with E-state index in [1.165, 1.54) is 25.7 Å². The second-order valence-electron chi connectivity index (χ2n) is 6.52. The lowest BCUT2D eigenvalue weighted by atomic mass is 10.1.